The highest BCUT2D eigenvalue weighted by Gasteiger charge is 2.01. The summed E-state index contributed by atoms with van der Waals surface area (Å²) in [5.74, 6) is -0.0596. The van der Waals surface area contributed by atoms with Crippen molar-refractivity contribution in [3.63, 3.8) is 0 Å². The van der Waals surface area contributed by atoms with Crippen LogP contribution in [0.1, 0.15) is 17.3 Å². The molecule has 4 nitrogen and oxygen atoms in total. The number of aliphatic hydroxyl groups excluding tert-OH is 1. The number of carbonyl (C=O) groups excluding carboxylic acids is 1. The Morgan fingerprint density at radius 2 is 2.29 bits per heavy atom. The second kappa shape index (κ2) is 4.62. The zero-order valence-electron chi connectivity index (χ0n) is 7.90. The zero-order chi connectivity index (χ0) is 10.6. The van der Waals surface area contributed by atoms with Gasteiger partial charge >= 0.3 is 0 Å². The predicted molar refractivity (Wildman–Crippen MR) is 53.7 cm³/mol. The summed E-state index contributed by atoms with van der Waals surface area (Å²) in [7, 11) is 0. The lowest BCUT2D eigenvalue weighted by molar-refractivity contribution is 0.112. The minimum Gasteiger partial charge on any atom is -0.507 e. The smallest absolute Gasteiger partial charge is 0.153 e. The van der Waals surface area contributed by atoms with Crippen LogP contribution < -0.4 is 5.32 Å². The fourth-order valence-electron chi connectivity index (χ4n) is 1.02. The van der Waals surface area contributed by atoms with Crippen LogP contribution in [0.25, 0.3) is 0 Å². The highest BCUT2D eigenvalue weighted by atomic mass is 16.3. The molecule has 4 heteroatoms. The number of hydrogen-bond acceptors (Lipinski definition) is 4. The molecule has 0 radical (unpaired) electrons. The summed E-state index contributed by atoms with van der Waals surface area (Å²) in [6, 6.07) is 4.64. The van der Waals surface area contributed by atoms with Gasteiger partial charge in [-0.1, -0.05) is 0 Å². The number of rotatable bonds is 4. The normalized spacial score (nSPS) is 12.1. The molecule has 0 aliphatic heterocycles. The van der Waals surface area contributed by atoms with Crippen molar-refractivity contribution in [2.24, 2.45) is 0 Å². The first kappa shape index (κ1) is 10.5. The average molecular weight is 195 g/mol. The molecule has 0 bridgehead atoms. The van der Waals surface area contributed by atoms with Gasteiger partial charge in [-0.2, -0.15) is 0 Å². The summed E-state index contributed by atoms with van der Waals surface area (Å²) >= 11 is 0. The quantitative estimate of drug-likeness (QED) is 0.627. The van der Waals surface area contributed by atoms with Crippen LogP contribution in [0.4, 0.5) is 5.69 Å². The molecule has 0 saturated carbocycles. The van der Waals surface area contributed by atoms with E-state index >= 15 is 0 Å². The maximum atomic E-state index is 10.4. The van der Waals surface area contributed by atoms with Crippen molar-refractivity contribution in [1.29, 1.82) is 0 Å². The number of benzene rings is 1. The predicted octanol–water partition coefficient (Wildman–Crippen LogP) is 0.997. The van der Waals surface area contributed by atoms with Crippen molar-refractivity contribution in [2.75, 3.05) is 11.9 Å². The minimum atomic E-state index is -0.456. The van der Waals surface area contributed by atoms with Gasteiger partial charge < -0.3 is 15.5 Å². The first-order chi connectivity index (χ1) is 6.63. The Hall–Kier alpha value is -1.55. The molecule has 0 fully saturated rings. The largest absolute Gasteiger partial charge is 0.507 e. The molecule has 1 aromatic rings. The Labute approximate surface area is 82.2 Å². The molecule has 0 spiro atoms. The van der Waals surface area contributed by atoms with E-state index in [1.165, 1.54) is 12.1 Å². The average Bonchev–Trinajstić information content (AvgIpc) is 2.15. The summed E-state index contributed by atoms with van der Waals surface area (Å²) in [5, 5.41) is 21.2. The summed E-state index contributed by atoms with van der Waals surface area (Å²) in [6.45, 7) is 2.06. The molecule has 76 valence electrons. The van der Waals surface area contributed by atoms with Crippen molar-refractivity contribution in [3.8, 4) is 5.75 Å². The van der Waals surface area contributed by atoms with Crippen LogP contribution in [-0.2, 0) is 0 Å². The van der Waals surface area contributed by atoms with E-state index in [1.807, 2.05) is 0 Å². The topological polar surface area (TPSA) is 69.6 Å². The molecule has 1 unspecified atom stereocenters. The molecule has 1 atom stereocenters. The SMILES string of the molecule is CC(O)CNc1ccc(C=O)c(O)c1. The molecular weight excluding hydrogens is 182 g/mol. The van der Waals surface area contributed by atoms with Gasteiger partial charge in [-0.25, -0.2) is 0 Å². The van der Waals surface area contributed by atoms with Crippen LogP contribution >= 0.6 is 0 Å². The van der Waals surface area contributed by atoms with Gasteiger partial charge in [0.25, 0.3) is 0 Å². The molecule has 0 aliphatic rings. The first-order valence-corrected chi connectivity index (χ1v) is 4.33. The minimum absolute atomic E-state index is 0.0596. The molecule has 1 rings (SSSR count). The van der Waals surface area contributed by atoms with Crippen LogP contribution in [0.15, 0.2) is 18.2 Å². The van der Waals surface area contributed by atoms with Crippen molar-refractivity contribution in [3.05, 3.63) is 23.8 Å². The Balaban J connectivity index is 2.71. The van der Waals surface area contributed by atoms with Gasteiger partial charge in [0.15, 0.2) is 6.29 Å². The molecule has 14 heavy (non-hydrogen) atoms. The van der Waals surface area contributed by atoms with E-state index in [0.717, 1.165) is 0 Å². The van der Waals surface area contributed by atoms with Crippen LogP contribution in [0, 0.1) is 0 Å². The maximum absolute atomic E-state index is 10.4. The van der Waals surface area contributed by atoms with E-state index in [9.17, 15) is 9.90 Å². The van der Waals surface area contributed by atoms with Crippen LogP contribution in [-0.4, -0.2) is 29.1 Å². The highest BCUT2D eigenvalue weighted by Crippen LogP contribution is 2.20. The number of hydrogen-bond donors (Lipinski definition) is 3. The van der Waals surface area contributed by atoms with Crippen molar-refractivity contribution in [2.45, 2.75) is 13.0 Å². The van der Waals surface area contributed by atoms with Gasteiger partial charge in [0.05, 0.1) is 11.7 Å². The van der Waals surface area contributed by atoms with E-state index < -0.39 is 6.10 Å². The van der Waals surface area contributed by atoms with E-state index in [0.29, 0.717) is 18.5 Å². The van der Waals surface area contributed by atoms with Gasteiger partial charge in [-0.3, -0.25) is 4.79 Å². The molecule has 0 heterocycles. The Kier molecular flexibility index (Phi) is 3.48. The monoisotopic (exact) mass is 195 g/mol. The van der Waals surface area contributed by atoms with Gasteiger partial charge in [-0.15, -0.1) is 0 Å². The number of phenolic OH excluding ortho intramolecular Hbond substituents is 1. The molecule has 0 aromatic heterocycles. The summed E-state index contributed by atoms with van der Waals surface area (Å²) in [5.41, 5.74) is 0.932. The van der Waals surface area contributed by atoms with Crippen molar-refractivity contribution >= 4 is 12.0 Å². The second-order valence-electron chi connectivity index (χ2n) is 3.12. The third kappa shape index (κ3) is 2.74. The molecule has 0 aliphatic carbocycles. The number of phenols is 1. The fraction of sp³-hybridized carbons (Fsp3) is 0.300. The third-order valence-electron chi connectivity index (χ3n) is 1.76. The van der Waals surface area contributed by atoms with Gasteiger partial charge in [0.2, 0.25) is 0 Å². The lowest BCUT2D eigenvalue weighted by Gasteiger charge is -2.08. The number of carbonyl (C=O) groups is 1. The molecule has 0 saturated heterocycles. The molecule has 0 amide bonds. The summed E-state index contributed by atoms with van der Waals surface area (Å²) < 4.78 is 0. The van der Waals surface area contributed by atoms with Crippen LogP contribution in [0.2, 0.25) is 0 Å². The van der Waals surface area contributed by atoms with Gasteiger partial charge in [0, 0.05) is 18.3 Å². The van der Waals surface area contributed by atoms with Crippen molar-refractivity contribution in [1.82, 2.24) is 0 Å². The summed E-state index contributed by atoms with van der Waals surface area (Å²) in [4.78, 5) is 10.4. The van der Waals surface area contributed by atoms with Gasteiger partial charge in [-0.05, 0) is 19.1 Å². The number of aromatic hydroxyl groups is 1. The maximum Gasteiger partial charge on any atom is 0.153 e. The van der Waals surface area contributed by atoms with E-state index in [2.05, 4.69) is 5.32 Å². The second-order valence-corrected chi connectivity index (χ2v) is 3.12. The Morgan fingerprint density at radius 1 is 1.57 bits per heavy atom. The lowest BCUT2D eigenvalue weighted by Crippen LogP contribution is -2.15. The number of anilines is 1. The van der Waals surface area contributed by atoms with Gasteiger partial charge in [0.1, 0.15) is 5.75 Å². The number of aldehydes is 1. The van der Waals surface area contributed by atoms with Crippen LogP contribution in [0.3, 0.4) is 0 Å². The highest BCUT2D eigenvalue weighted by molar-refractivity contribution is 5.80. The Bertz CT molecular complexity index is 323. The van der Waals surface area contributed by atoms with Crippen molar-refractivity contribution < 1.29 is 15.0 Å². The van der Waals surface area contributed by atoms with E-state index in [1.54, 1.807) is 13.0 Å². The Morgan fingerprint density at radius 3 is 2.79 bits per heavy atom. The number of aliphatic hydroxyl groups is 1. The molecular formula is C10H13NO3. The molecule has 1 aromatic carbocycles. The number of nitrogens with one attached hydrogen (secondary N) is 1. The van der Waals surface area contributed by atoms with E-state index in [4.69, 9.17) is 5.11 Å². The molecule has 3 N–H and O–H groups in total. The third-order valence-corrected chi connectivity index (χ3v) is 1.76. The van der Waals surface area contributed by atoms with Crippen LogP contribution in [0.5, 0.6) is 5.75 Å². The fourth-order valence-corrected chi connectivity index (χ4v) is 1.02. The first-order valence-electron chi connectivity index (χ1n) is 4.33. The van der Waals surface area contributed by atoms with E-state index in [-0.39, 0.29) is 11.3 Å². The summed E-state index contributed by atoms with van der Waals surface area (Å²) in [6.07, 6.45) is 0.135. The standard InChI is InChI=1S/C10H13NO3/c1-7(13)5-11-9-3-2-8(6-12)10(14)4-9/h2-4,6-7,11,13-14H,5H2,1H3. The lowest BCUT2D eigenvalue weighted by atomic mass is 10.2. The zero-order valence-corrected chi connectivity index (χ0v) is 7.90.